The van der Waals surface area contributed by atoms with Gasteiger partial charge in [-0.1, -0.05) is 55.4 Å². The lowest BCUT2D eigenvalue weighted by atomic mass is 9.91. The number of hydrogen-bond donors (Lipinski definition) is 4. The van der Waals surface area contributed by atoms with E-state index in [1.165, 1.54) is 4.90 Å². The molecule has 20 heteroatoms. The number of aromatic nitrogens is 5. The van der Waals surface area contributed by atoms with Crippen molar-refractivity contribution in [1.29, 1.82) is 0 Å². The molecule has 1 aliphatic carbocycles. The number of aliphatic hydroxyl groups excluding tert-OH is 1. The third-order valence-electron chi connectivity index (χ3n) is 17.7. The lowest BCUT2D eigenvalue weighted by Gasteiger charge is -2.44. The Hall–Kier alpha value is -6.87. The minimum Gasteiger partial charge on any atom is -0.507 e. The van der Waals surface area contributed by atoms with Crippen molar-refractivity contribution in [1.82, 2.24) is 40.4 Å². The van der Waals surface area contributed by atoms with E-state index >= 15 is 0 Å². The number of nitrogens with one attached hydrogen (secondary N) is 1. The molecule has 5 saturated heterocycles. The third kappa shape index (κ3) is 11.2. The average Bonchev–Trinajstić information content (AvgIpc) is 4.29. The number of nitrogen functional groups attached to an aromatic ring is 1. The monoisotopic (exact) mass is 1110 g/mol. The normalized spacial score (nSPS) is 24.5. The fourth-order valence-corrected chi connectivity index (χ4v) is 14.1. The van der Waals surface area contributed by atoms with Crippen LogP contribution in [0.4, 0.5) is 23.0 Å². The number of likely N-dealkylation sites (tertiary alicyclic amines) is 2. The van der Waals surface area contributed by atoms with Crippen LogP contribution in [0.25, 0.3) is 21.7 Å². The van der Waals surface area contributed by atoms with Crippen molar-refractivity contribution < 1.29 is 33.8 Å². The van der Waals surface area contributed by atoms with Gasteiger partial charge in [0.15, 0.2) is 17.4 Å². The summed E-state index contributed by atoms with van der Waals surface area (Å²) >= 11 is 1.60. The number of thiazole rings is 1. The molecule has 2 bridgehead atoms. The Kier molecular flexibility index (Phi) is 15.4. The largest absolute Gasteiger partial charge is 0.507 e. The number of aryl methyl sites for hydroxylation is 1. The number of para-hydroxylation sites is 1. The van der Waals surface area contributed by atoms with Crippen LogP contribution in [0.2, 0.25) is 0 Å². The Labute approximate surface area is 471 Å². The fourth-order valence-electron chi connectivity index (χ4n) is 13.3. The highest BCUT2D eigenvalue weighted by atomic mass is 32.1. The molecule has 1 saturated carbocycles. The smallest absolute Gasteiger partial charge is 0.243 e. The van der Waals surface area contributed by atoms with Crippen molar-refractivity contribution in [2.45, 2.75) is 146 Å². The maximum Gasteiger partial charge on any atom is 0.243 e. The van der Waals surface area contributed by atoms with Crippen molar-refractivity contribution in [3.8, 4) is 33.3 Å². The molecule has 6 atom stereocenters. The fraction of sp³-hybridized carbons (Fsp3) is 0.517. The van der Waals surface area contributed by atoms with Crippen LogP contribution in [-0.4, -0.2) is 152 Å². The Bertz CT molecular complexity index is 3120. The first-order valence-electron chi connectivity index (χ1n) is 28.8. The molecule has 12 rings (SSSR count). The number of phenolic OH excluding ortho intramolecular Hbond substituents is 1. The van der Waals surface area contributed by atoms with E-state index in [9.17, 15) is 19.8 Å². The Morgan fingerprint density at radius 2 is 1.56 bits per heavy atom. The molecule has 2 unspecified atom stereocenters. The number of phenols is 1. The van der Waals surface area contributed by atoms with Gasteiger partial charge in [0.05, 0.1) is 51.8 Å². The minimum atomic E-state index is -0.806. The Morgan fingerprint density at radius 1 is 0.812 bits per heavy atom. The number of fused-ring (bicyclic) bond motifs is 2. The predicted molar refractivity (Wildman–Crippen MR) is 307 cm³/mol. The zero-order valence-electron chi connectivity index (χ0n) is 46.1. The number of piperidine rings is 2. The van der Waals surface area contributed by atoms with Gasteiger partial charge in [-0.25, -0.2) is 9.97 Å². The number of benzene rings is 2. The number of ether oxygens (including phenoxy) is 2. The molecule has 5 N–H and O–H groups in total. The standard InChI is InChI=1S/C60H74N12O7S/c1-35(2)56(60(76)71-33-44(73)26-51(71)59(75)64-36(3)38-9-11-39(12-10-38)57-37(4)63-34-80-57)53-30-54(67-79-53)69-21-16-40(17-22-69)68-23-18-45(19-24-68)77-46-27-47(28-46)78-55-25-41(15-20-62-55)72-42-13-14-43(72)32-70(31-42)50-29-49(65-66-58(50)61)48-7-5-6-8-52(48)74/h5-12,15,20,25,29-30,34-36,40,42-47,51,56,73-74H,13-14,16-19,21-24,26-28,31-33H2,1-4H3,(H2,61,66)(H,64,75)/t36-,42?,43?,44+,46-,47-,51-,56+/m0/s1. The number of carbonyl (C=O) groups excluding carboxylic acids is 2. The first-order valence-corrected chi connectivity index (χ1v) is 29.7. The molecule has 6 aromatic rings. The van der Waals surface area contributed by atoms with Crippen LogP contribution in [-0.2, 0) is 14.3 Å². The molecule has 2 aromatic carbocycles. The van der Waals surface area contributed by atoms with Crippen molar-refractivity contribution in [3.05, 3.63) is 102 Å². The van der Waals surface area contributed by atoms with Crippen LogP contribution >= 0.6 is 11.3 Å². The quantitative estimate of drug-likeness (QED) is 0.0727. The average molecular weight is 1110 g/mol. The second-order valence-corrected chi connectivity index (χ2v) is 24.2. The second-order valence-electron chi connectivity index (χ2n) is 23.3. The van der Waals surface area contributed by atoms with Crippen LogP contribution in [0.1, 0.15) is 108 Å². The van der Waals surface area contributed by atoms with E-state index in [-0.39, 0.29) is 60.8 Å². The van der Waals surface area contributed by atoms with Gasteiger partial charge in [0.1, 0.15) is 23.8 Å². The van der Waals surface area contributed by atoms with Crippen molar-refractivity contribution >= 4 is 46.2 Å². The molecule has 422 valence electrons. The van der Waals surface area contributed by atoms with E-state index in [4.69, 9.17) is 19.7 Å². The number of piperazine rings is 1. The molecule has 19 nitrogen and oxygen atoms in total. The molecule has 6 fully saturated rings. The highest BCUT2D eigenvalue weighted by molar-refractivity contribution is 7.13. The number of nitrogens with zero attached hydrogens (tertiary/aromatic N) is 10. The summed E-state index contributed by atoms with van der Waals surface area (Å²) in [5.74, 6) is 1.09. The van der Waals surface area contributed by atoms with Gasteiger partial charge >= 0.3 is 0 Å². The first-order chi connectivity index (χ1) is 38.8. The summed E-state index contributed by atoms with van der Waals surface area (Å²) in [5, 5.41) is 37.5. The van der Waals surface area contributed by atoms with E-state index < -0.39 is 18.1 Å². The summed E-state index contributed by atoms with van der Waals surface area (Å²) in [6.07, 6.45) is 9.65. The maximum absolute atomic E-state index is 14.4. The van der Waals surface area contributed by atoms with Gasteiger partial charge < -0.3 is 59.8 Å². The molecule has 80 heavy (non-hydrogen) atoms. The highest BCUT2D eigenvalue weighted by Crippen LogP contribution is 2.41. The molecule has 9 heterocycles. The van der Waals surface area contributed by atoms with Gasteiger partial charge in [-0.3, -0.25) is 9.59 Å². The molecule has 6 aliphatic rings. The van der Waals surface area contributed by atoms with E-state index in [0.29, 0.717) is 46.8 Å². The molecule has 4 aromatic heterocycles. The van der Waals surface area contributed by atoms with Gasteiger partial charge in [0.2, 0.25) is 17.7 Å². The molecule has 5 aliphatic heterocycles. The summed E-state index contributed by atoms with van der Waals surface area (Å²) < 4.78 is 19.1. The van der Waals surface area contributed by atoms with Crippen LogP contribution < -0.4 is 30.5 Å². The minimum absolute atomic E-state index is 0.0774. The van der Waals surface area contributed by atoms with Crippen molar-refractivity contribution in [3.63, 3.8) is 0 Å². The van der Waals surface area contributed by atoms with Crippen LogP contribution in [0.15, 0.2) is 89.0 Å². The molecular formula is C60H74N12O7S. The number of nitrogens with two attached hydrogens (primary N) is 1. The first kappa shape index (κ1) is 53.8. The van der Waals surface area contributed by atoms with Crippen molar-refractivity contribution in [2.75, 3.05) is 66.2 Å². The third-order valence-corrected chi connectivity index (χ3v) is 18.7. The summed E-state index contributed by atoms with van der Waals surface area (Å²) in [4.78, 5) is 49.6. The number of rotatable bonds is 16. The summed E-state index contributed by atoms with van der Waals surface area (Å²) in [7, 11) is 0. The van der Waals surface area contributed by atoms with E-state index in [2.05, 4.69) is 62.4 Å². The van der Waals surface area contributed by atoms with Crippen LogP contribution in [0.3, 0.4) is 0 Å². The number of β-amino-alcohol motifs (C(OH)–C–C–N with tert-alkyl or cyclic N) is 1. The van der Waals surface area contributed by atoms with Crippen LogP contribution in [0, 0.1) is 12.8 Å². The molecule has 0 radical (unpaired) electrons. The van der Waals surface area contributed by atoms with Gasteiger partial charge in [0, 0.05) is 113 Å². The zero-order chi connectivity index (χ0) is 55.2. The molecule has 0 spiro atoms. The van der Waals surface area contributed by atoms with Gasteiger partial charge in [-0.15, -0.1) is 21.5 Å². The summed E-state index contributed by atoms with van der Waals surface area (Å²) in [5.41, 5.74) is 14.5. The topological polar surface area (TPSA) is 225 Å². The number of hydrogen-bond acceptors (Lipinski definition) is 18. The number of carbonyl (C=O) groups is 2. The zero-order valence-corrected chi connectivity index (χ0v) is 47.0. The molecular weight excluding hydrogens is 1030 g/mol. The van der Waals surface area contributed by atoms with Gasteiger partial charge in [0.25, 0.3) is 0 Å². The number of amides is 2. The second kappa shape index (κ2) is 22.9. The predicted octanol–water partition coefficient (Wildman–Crippen LogP) is 7.74. The number of aliphatic hydroxyl groups is 1. The Balaban J connectivity index is 0.576. The van der Waals surface area contributed by atoms with Crippen molar-refractivity contribution in [2.24, 2.45) is 5.92 Å². The lowest BCUT2D eigenvalue weighted by molar-refractivity contribution is -0.141. The lowest BCUT2D eigenvalue weighted by Crippen LogP contribution is -2.54. The van der Waals surface area contributed by atoms with Gasteiger partial charge in [-0.2, -0.15) is 0 Å². The Morgan fingerprint density at radius 3 is 2.27 bits per heavy atom. The maximum atomic E-state index is 14.4. The SMILES string of the molecule is Cc1ncsc1-c1ccc([C@H](C)NC(=O)[C@@H]2C[C@@H](O)CN2C(=O)[C@@H](c2cc(N3CCC(N4CCC(O[C@H]5C[C@H](Oc6cc(N7C8CCC7CN(c7cc(-c9ccccc9O)nnc7N)C8)ccn6)C5)CC4)CC3)no2)C(C)C)cc1. The molecule has 2 amide bonds. The number of pyridine rings is 1. The summed E-state index contributed by atoms with van der Waals surface area (Å²) in [6, 6.07) is 23.3. The van der Waals surface area contributed by atoms with E-state index in [1.54, 1.807) is 23.5 Å². The summed E-state index contributed by atoms with van der Waals surface area (Å²) in [6.45, 7) is 13.3. The van der Waals surface area contributed by atoms with E-state index in [1.807, 2.05) is 87.9 Å². The van der Waals surface area contributed by atoms with Gasteiger partial charge in [-0.05, 0) is 93.7 Å². The highest BCUT2D eigenvalue weighted by Gasteiger charge is 2.45. The number of anilines is 4. The van der Waals surface area contributed by atoms with E-state index in [0.717, 1.165) is 130 Å². The van der Waals surface area contributed by atoms with Crippen LogP contribution in [0.5, 0.6) is 11.6 Å². The number of aromatic hydroxyl groups is 1.